The summed E-state index contributed by atoms with van der Waals surface area (Å²) in [7, 11) is -3.33. The molecule has 58 valence electrons. The second-order valence-electron chi connectivity index (χ2n) is 2.18. The van der Waals surface area contributed by atoms with Crippen molar-refractivity contribution in [1.29, 1.82) is 0 Å². The van der Waals surface area contributed by atoms with Crippen LogP contribution in [0, 0.1) is 0 Å². The molecule has 1 rings (SSSR count). The van der Waals surface area contributed by atoms with Crippen molar-refractivity contribution in [2.45, 2.75) is 19.4 Å². The van der Waals surface area contributed by atoms with Gasteiger partial charge in [0.2, 0.25) is 6.03 Å². The Kier molecular flexibility index (Phi) is 2.24. The Bertz CT molecular complexity index is 178. The third-order valence-electron chi connectivity index (χ3n) is 1.25. The molecular formula is C5H9O4P. The minimum absolute atomic E-state index is 0.134. The lowest BCUT2D eigenvalue weighted by atomic mass is 10.3. The molecule has 1 fully saturated rings. The molecule has 1 aliphatic rings. The van der Waals surface area contributed by atoms with Crippen LogP contribution in [-0.2, 0) is 18.4 Å². The molecule has 0 aliphatic carbocycles. The van der Waals surface area contributed by atoms with Crippen LogP contribution < -0.4 is 0 Å². The molecule has 0 N–H and O–H groups in total. The Labute approximate surface area is 59.0 Å². The predicted octanol–water partition coefficient (Wildman–Crippen LogP) is 1.20. The number of hydrogen-bond donors (Lipinski definition) is 0. The largest absolute Gasteiger partial charge is 0.393 e. The molecule has 0 saturated carbocycles. The highest BCUT2D eigenvalue weighted by Crippen LogP contribution is 2.49. The second-order valence-corrected chi connectivity index (χ2v) is 3.94. The summed E-state index contributed by atoms with van der Waals surface area (Å²) in [6.45, 7) is 2.11. The molecule has 2 unspecified atom stereocenters. The molecule has 1 heterocycles. The van der Waals surface area contributed by atoms with Crippen LogP contribution in [0.3, 0.4) is 0 Å². The topological polar surface area (TPSA) is 52.6 Å². The van der Waals surface area contributed by atoms with E-state index in [1.165, 1.54) is 0 Å². The van der Waals surface area contributed by atoms with Crippen LogP contribution >= 0.6 is 7.60 Å². The van der Waals surface area contributed by atoms with Gasteiger partial charge >= 0.3 is 7.60 Å². The monoisotopic (exact) mass is 164 g/mol. The number of carbonyl (C=O) groups is 1. The average Bonchev–Trinajstić information content (AvgIpc) is 1.88. The zero-order chi connectivity index (χ0) is 7.61. The van der Waals surface area contributed by atoms with E-state index >= 15 is 0 Å². The van der Waals surface area contributed by atoms with Crippen LogP contribution in [0.4, 0.5) is 0 Å². The molecule has 1 saturated heterocycles. The number of hydrogen-bond acceptors (Lipinski definition) is 4. The van der Waals surface area contributed by atoms with Crippen molar-refractivity contribution in [2.75, 3.05) is 6.61 Å². The first-order valence-electron chi connectivity index (χ1n) is 3.05. The maximum absolute atomic E-state index is 11.0. The van der Waals surface area contributed by atoms with E-state index in [-0.39, 0.29) is 12.1 Å². The van der Waals surface area contributed by atoms with Crippen LogP contribution in [0.1, 0.15) is 13.3 Å². The molecule has 0 aromatic rings. The molecule has 5 heteroatoms. The summed E-state index contributed by atoms with van der Waals surface area (Å²) in [6, 6.07) is 0.253. The molecule has 10 heavy (non-hydrogen) atoms. The number of rotatable bonds is 1. The summed E-state index contributed by atoms with van der Waals surface area (Å²) in [6.07, 6.45) is 0.558. The maximum Gasteiger partial charge on any atom is 0.393 e. The maximum atomic E-state index is 11.0. The summed E-state index contributed by atoms with van der Waals surface area (Å²) in [5.41, 5.74) is 0. The summed E-state index contributed by atoms with van der Waals surface area (Å²) >= 11 is 0. The van der Waals surface area contributed by atoms with Crippen molar-refractivity contribution in [3.8, 4) is 0 Å². The number of carbonyl (C=O) groups excluding carboxylic acids is 1. The van der Waals surface area contributed by atoms with Gasteiger partial charge in [0, 0.05) is 0 Å². The zero-order valence-electron chi connectivity index (χ0n) is 5.65. The van der Waals surface area contributed by atoms with Gasteiger partial charge in [-0.05, 0) is 13.3 Å². The van der Waals surface area contributed by atoms with Crippen LogP contribution in [0.15, 0.2) is 0 Å². The summed E-state index contributed by atoms with van der Waals surface area (Å²) in [4.78, 5) is 10.1. The Morgan fingerprint density at radius 3 is 2.80 bits per heavy atom. The van der Waals surface area contributed by atoms with Crippen LogP contribution in [0.25, 0.3) is 0 Å². The Morgan fingerprint density at radius 1 is 1.70 bits per heavy atom. The Morgan fingerprint density at radius 2 is 2.40 bits per heavy atom. The Hall–Kier alpha value is -0.180. The standard InChI is InChI=1S/C5H9O4P/c1-5-2-3-8-10(7,4-6)9-5/h4-5H,2-3H2,1H3. The first kappa shape index (κ1) is 7.92. The van der Waals surface area contributed by atoms with Gasteiger partial charge in [0.15, 0.2) is 0 Å². The van der Waals surface area contributed by atoms with Crippen molar-refractivity contribution in [3.05, 3.63) is 0 Å². The van der Waals surface area contributed by atoms with E-state index in [0.717, 1.165) is 0 Å². The van der Waals surface area contributed by atoms with E-state index < -0.39 is 7.60 Å². The first-order valence-corrected chi connectivity index (χ1v) is 4.66. The lowest BCUT2D eigenvalue weighted by molar-refractivity contribution is 0.100. The minimum Gasteiger partial charge on any atom is -0.303 e. The van der Waals surface area contributed by atoms with Gasteiger partial charge < -0.3 is 9.05 Å². The van der Waals surface area contributed by atoms with Crippen LogP contribution in [0.2, 0.25) is 0 Å². The minimum atomic E-state index is -3.33. The lowest BCUT2D eigenvalue weighted by Gasteiger charge is -2.23. The molecule has 4 nitrogen and oxygen atoms in total. The van der Waals surface area contributed by atoms with Gasteiger partial charge in [0.1, 0.15) is 0 Å². The molecule has 2 atom stereocenters. The quantitative estimate of drug-likeness (QED) is 0.431. The highest BCUT2D eigenvalue weighted by molar-refractivity contribution is 7.69. The second kappa shape index (κ2) is 2.82. The van der Waals surface area contributed by atoms with Crippen molar-refractivity contribution in [1.82, 2.24) is 0 Å². The molecular weight excluding hydrogens is 155 g/mol. The SMILES string of the molecule is CC1CCOP(=O)(C=O)O1. The highest BCUT2D eigenvalue weighted by Gasteiger charge is 2.30. The fourth-order valence-electron chi connectivity index (χ4n) is 0.735. The molecule has 0 aromatic heterocycles. The van der Waals surface area contributed by atoms with Gasteiger partial charge in [-0.25, -0.2) is 0 Å². The summed E-state index contributed by atoms with van der Waals surface area (Å²) in [5, 5.41) is 0. The van der Waals surface area contributed by atoms with E-state index in [9.17, 15) is 9.36 Å². The van der Waals surface area contributed by atoms with E-state index in [0.29, 0.717) is 13.0 Å². The molecule has 0 aromatic carbocycles. The molecule has 0 radical (unpaired) electrons. The van der Waals surface area contributed by atoms with Crippen LogP contribution in [-0.4, -0.2) is 18.7 Å². The fraction of sp³-hybridized carbons (Fsp3) is 0.800. The van der Waals surface area contributed by atoms with Gasteiger partial charge in [-0.3, -0.25) is 9.36 Å². The van der Waals surface area contributed by atoms with E-state index in [1.54, 1.807) is 6.92 Å². The summed E-state index contributed by atoms with van der Waals surface area (Å²) < 4.78 is 20.4. The van der Waals surface area contributed by atoms with Crippen molar-refractivity contribution in [3.63, 3.8) is 0 Å². The van der Waals surface area contributed by atoms with E-state index in [1.807, 2.05) is 0 Å². The third-order valence-corrected chi connectivity index (χ3v) is 2.71. The average molecular weight is 164 g/mol. The van der Waals surface area contributed by atoms with Crippen molar-refractivity contribution in [2.24, 2.45) is 0 Å². The van der Waals surface area contributed by atoms with Gasteiger partial charge in [-0.1, -0.05) is 0 Å². The van der Waals surface area contributed by atoms with Gasteiger partial charge in [0.05, 0.1) is 12.7 Å². The van der Waals surface area contributed by atoms with Gasteiger partial charge in [0.25, 0.3) is 0 Å². The van der Waals surface area contributed by atoms with Crippen LogP contribution in [0.5, 0.6) is 0 Å². The molecule has 1 aliphatic heterocycles. The van der Waals surface area contributed by atoms with Crippen molar-refractivity contribution >= 4 is 13.6 Å². The Balaban J connectivity index is 2.62. The molecule has 0 spiro atoms. The van der Waals surface area contributed by atoms with E-state index in [2.05, 4.69) is 4.52 Å². The van der Waals surface area contributed by atoms with Gasteiger partial charge in [-0.15, -0.1) is 0 Å². The highest BCUT2D eigenvalue weighted by atomic mass is 31.2. The smallest absolute Gasteiger partial charge is 0.303 e. The molecule has 0 bridgehead atoms. The van der Waals surface area contributed by atoms with Crippen molar-refractivity contribution < 1.29 is 18.4 Å². The lowest BCUT2D eigenvalue weighted by Crippen LogP contribution is -2.17. The fourth-order valence-corrected chi connectivity index (χ4v) is 1.87. The molecule has 0 amide bonds. The van der Waals surface area contributed by atoms with E-state index in [4.69, 9.17) is 4.52 Å². The summed E-state index contributed by atoms with van der Waals surface area (Å²) in [5.74, 6) is 0. The predicted molar refractivity (Wildman–Crippen MR) is 35.5 cm³/mol. The zero-order valence-corrected chi connectivity index (χ0v) is 6.54. The first-order chi connectivity index (χ1) is 4.66. The third kappa shape index (κ3) is 1.66. The van der Waals surface area contributed by atoms with Gasteiger partial charge in [-0.2, -0.15) is 0 Å². The normalized spacial score (nSPS) is 41.1.